The van der Waals surface area contributed by atoms with Gasteiger partial charge in [0.05, 0.1) is 0 Å². The molecule has 0 N–H and O–H groups in total. The standard InChI is InChI=1S/C16H8N2/c17-9-11(10-18)8-14-7-6-13-5-4-12-2-1-3-15(14)16(12)13/h1-8H. The highest BCUT2D eigenvalue weighted by molar-refractivity contribution is 6.07. The maximum Gasteiger partial charge on any atom is 0.130 e. The van der Waals surface area contributed by atoms with Crippen molar-refractivity contribution in [3.63, 3.8) is 0 Å². The molecule has 0 saturated heterocycles. The molecule has 0 aromatic heterocycles. The summed E-state index contributed by atoms with van der Waals surface area (Å²) in [5.74, 6) is 0. The smallest absolute Gasteiger partial charge is 0.130 e. The monoisotopic (exact) mass is 228 g/mol. The SMILES string of the molecule is N#CC(C#N)=Cc1ccc2c3c(cccc13)C=C2. The van der Waals surface area contributed by atoms with E-state index in [0.29, 0.717) is 0 Å². The molecule has 0 heterocycles. The van der Waals surface area contributed by atoms with Crippen LogP contribution >= 0.6 is 0 Å². The van der Waals surface area contributed by atoms with Gasteiger partial charge in [-0.3, -0.25) is 0 Å². The molecule has 3 rings (SSSR count). The van der Waals surface area contributed by atoms with Crippen molar-refractivity contribution in [2.45, 2.75) is 0 Å². The summed E-state index contributed by atoms with van der Waals surface area (Å²) in [6.07, 6.45) is 5.81. The Morgan fingerprint density at radius 1 is 0.944 bits per heavy atom. The maximum atomic E-state index is 8.83. The molecule has 2 heteroatoms. The molecule has 1 aliphatic carbocycles. The second-order valence-electron chi connectivity index (χ2n) is 4.13. The molecule has 0 atom stereocenters. The molecule has 0 spiro atoms. The number of allylic oxidation sites excluding steroid dienone is 1. The summed E-state index contributed by atoms with van der Waals surface area (Å²) in [7, 11) is 0. The molecule has 0 amide bonds. The first-order chi connectivity index (χ1) is 8.83. The summed E-state index contributed by atoms with van der Waals surface area (Å²) < 4.78 is 0. The summed E-state index contributed by atoms with van der Waals surface area (Å²) in [4.78, 5) is 0. The number of hydrogen-bond donors (Lipinski definition) is 0. The van der Waals surface area contributed by atoms with Crippen LogP contribution < -0.4 is 0 Å². The Balaban J connectivity index is 2.34. The second kappa shape index (κ2) is 3.87. The lowest BCUT2D eigenvalue weighted by molar-refractivity contribution is 1.47. The molecular weight excluding hydrogens is 220 g/mol. The third kappa shape index (κ3) is 1.41. The molecule has 2 nitrogen and oxygen atoms in total. The highest BCUT2D eigenvalue weighted by Gasteiger charge is 2.10. The molecule has 0 saturated carbocycles. The minimum atomic E-state index is 0.127. The molecule has 18 heavy (non-hydrogen) atoms. The zero-order valence-corrected chi connectivity index (χ0v) is 9.51. The average molecular weight is 228 g/mol. The molecule has 0 radical (unpaired) electrons. The third-order valence-electron chi connectivity index (χ3n) is 3.12. The highest BCUT2D eigenvalue weighted by Crippen LogP contribution is 2.33. The van der Waals surface area contributed by atoms with Crippen LogP contribution in [-0.4, -0.2) is 0 Å². The van der Waals surface area contributed by atoms with E-state index < -0.39 is 0 Å². The van der Waals surface area contributed by atoms with Crippen LogP contribution in [0.25, 0.3) is 29.0 Å². The van der Waals surface area contributed by atoms with Crippen LogP contribution in [-0.2, 0) is 0 Å². The van der Waals surface area contributed by atoms with Gasteiger partial charge in [0, 0.05) is 0 Å². The van der Waals surface area contributed by atoms with Gasteiger partial charge < -0.3 is 0 Å². The Hall–Kier alpha value is -2.84. The number of rotatable bonds is 1. The molecule has 2 aromatic rings. The van der Waals surface area contributed by atoms with Gasteiger partial charge >= 0.3 is 0 Å². The van der Waals surface area contributed by atoms with Gasteiger partial charge in [-0.05, 0) is 33.5 Å². The minimum Gasteiger partial charge on any atom is -0.192 e. The lowest BCUT2D eigenvalue weighted by Crippen LogP contribution is -1.84. The summed E-state index contributed by atoms with van der Waals surface area (Å²) >= 11 is 0. The van der Waals surface area contributed by atoms with Crippen molar-refractivity contribution < 1.29 is 0 Å². The van der Waals surface area contributed by atoms with E-state index in [1.165, 1.54) is 16.5 Å². The van der Waals surface area contributed by atoms with E-state index in [-0.39, 0.29) is 5.57 Å². The van der Waals surface area contributed by atoms with Crippen molar-refractivity contribution >= 4 is 29.0 Å². The van der Waals surface area contributed by atoms with Crippen molar-refractivity contribution in [2.24, 2.45) is 0 Å². The average Bonchev–Trinajstić information content (AvgIpc) is 2.83. The van der Waals surface area contributed by atoms with Crippen molar-refractivity contribution in [1.29, 1.82) is 10.5 Å². The van der Waals surface area contributed by atoms with Gasteiger partial charge in [-0.1, -0.05) is 42.5 Å². The highest BCUT2D eigenvalue weighted by atomic mass is 14.3. The van der Waals surface area contributed by atoms with E-state index in [1.54, 1.807) is 6.08 Å². The van der Waals surface area contributed by atoms with E-state index in [9.17, 15) is 0 Å². The van der Waals surface area contributed by atoms with E-state index in [1.807, 2.05) is 36.4 Å². The zero-order chi connectivity index (χ0) is 12.5. The molecule has 0 unspecified atom stereocenters. The summed E-state index contributed by atoms with van der Waals surface area (Å²) in [6, 6.07) is 13.8. The Morgan fingerprint density at radius 2 is 1.67 bits per heavy atom. The van der Waals surface area contributed by atoms with Gasteiger partial charge in [-0.2, -0.15) is 10.5 Å². The topological polar surface area (TPSA) is 47.6 Å². The summed E-state index contributed by atoms with van der Waals surface area (Å²) in [6.45, 7) is 0. The van der Waals surface area contributed by atoms with Crippen molar-refractivity contribution in [2.75, 3.05) is 0 Å². The second-order valence-corrected chi connectivity index (χ2v) is 4.13. The van der Waals surface area contributed by atoms with Gasteiger partial charge in [0.15, 0.2) is 0 Å². The molecule has 1 aliphatic rings. The maximum absolute atomic E-state index is 8.83. The lowest BCUT2D eigenvalue weighted by atomic mass is 9.98. The normalized spacial score (nSPS) is 11.0. The lowest BCUT2D eigenvalue weighted by Gasteiger charge is -2.05. The first-order valence-electron chi connectivity index (χ1n) is 5.59. The quantitative estimate of drug-likeness (QED) is 0.595. The molecule has 2 aromatic carbocycles. The number of hydrogen-bond acceptors (Lipinski definition) is 2. The van der Waals surface area contributed by atoms with Crippen LogP contribution in [0.3, 0.4) is 0 Å². The largest absolute Gasteiger partial charge is 0.192 e. The van der Waals surface area contributed by atoms with Gasteiger partial charge in [0.1, 0.15) is 17.7 Å². The van der Waals surface area contributed by atoms with Crippen LogP contribution in [0.4, 0.5) is 0 Å². The molecule has 0 aliphatic heterocycles. The summed E-state index contributed by atoms with van der Waals surface area (Å²) in [5, 5.41) is 19.9. The third-order valence-corrected chi connectivity index (χ3v) is 3.12. The van der Waals surface area contributed by atoms with Crippen LogP contribution in [0.15, 0.2) is 35.9 Å². The Kier molecular flexibility index (Phi) is 2.22. The van der Waals surface area contributed by atoms with Crippen molar-refractivity contribution in [1.82, 2.24) is 0 Å². The first-order valence-corrected chi connectivity index (χ1v) is 5.59. The number of nitriles is 2. The van der Waals surface area contributed by atoms with E-state index in [4.69, 9.17) is 10.5 Å². The Bertz CT molecular complexity index is 768. The van der Waals surface area contributed by atoms with E-state index in [0.717, 1.165) is 10.9 Å². The number of benzene rings is 2. The Labute approximate surface area is 105 Å². The summed E-state index contributed by atoms with van der Waals surface area (Å²) in [5.41, 5.74) is 3.42. The fourth-order valence-electron chi connectivity index (χ4n) is 2.31. The minimum absolute atomic E-state index is 0.127. The molecule has 82 valence electrons. The predicted octanol–water partition coefficient (Wildman–Crippen LogP) is 3.75. The van der Waals surface area contributed by atoms with Crippen molar-refractivity contribution in [3.05, 3.63) is 52.6 Å². The van der Waals surface area contributed by atoms with Gasteiger partial charge in [0.25, 0.3) is 0 Å². The fourth-order valence-corrected chi connectivity index (χ4v) is 2.31. The first kappa shape index (κ1) is 10.3. The van der Waals surface area contributed by atoms with Gasteiger partial charge in [-0.25, -0.2) is 0 Å². The van der Waals surface area contributed by atoms with Gasteiger partial charge in [0.2, 0.25) is 0 Å². The van der Waals surface area contributed by atoms with Crippen molar-refractivity contribution in [3.8, 4) is 12.1 Å². The van der Waals surface area contributed by atoms with Crippen LogP contribution in [0, 0.1) is 22.7 Å². The molecule has 0 fully saturated rings. The van der Waals surface area contributed by atoms with Crippen LogP contribution in [0.2, 0.25) is 0 Å². The Morgan fingerprint density at radius 3 is 2.39 bits per heavy atom. The van der Waals surface area contributed by atoms with E-state index >= 15 is 0 Å². The predicted molar refractivity (Wildman–Crippen MR) is 72.1 cm³/mol. The fraction of sp³-hybridized carbons (Fsp3) is 0. The molecule has 0 bridgehead atoms. The molecular formula is C16H8N2. The number of nitrogens with zero attached hydrogens (tertiary/aromatic N) is 2. The van der Waals surface area contributed by atoms with Crippen LogP contribution in [0.1, 0.15) is 16.7 Å². The van der Waals surface area contributed by atoms with Crippen LogP contribution in [0.5, 0.6) is 0 Å². The van der Waals surface area contributed by atoms with E-state index in [2.05, 4.69) is 18.2 Å². The van der Waals surface area contributed by atoms with Gasteiger partial charge in [-0.15, -0.1) is 0 Å². The zero-order valence-electron chi connectivity index (χ0n) is 9.51.